The molecule has 1 atom stereocenters. The molecule has 4 aromatic rings. The summed E-state index contributed by atoms with van der Waals surface area (Å²) in [7, 11) is 0. The summed E-state index contributed by atoms with van der Waals surface area (Å²) in [6.07, 6.45) is 0. The molecular weight excluding hydrogens is 495 g/mol. The van der Waals surface area contributed by atoms with Crippen molar-refractivity contribution in [2.24, 2.45) is 0 Å². The molecule has 5 rings (SSSR count). The summed E-state index contributed by atoms with van der Waals surface area (Å²) in [5.74, 6) is -1.34. The van der Waals surface area contributed by atoms with Crippen molar-refractivity contribution in [2.45, 2.75) is 19.9 Å². The highest BCUT2D eigenvalue weighted by Gasteiger charge is 2.48. The predicted molar refractivity (Wildman–Crippen MR) is 140 cm³/mol. The number of halogens is 1. The minimum atomic E-state index is -0.975. The molecule has 1 fully saturated rings. The van der Waals surface area contributed by atoms with Crippen molar-refractivity contribution in [1.29, 1.82) is 0 Å². The molecule has 188 valence electrons. The van der Waals surface area contributed by atoms with E-state index in [9.17, 15) is 19.1 Å². The number of ether oxygens (including phenoxy) is 2. The number of hydrogen-bond acceptors (Lipinski definition) is 7. The highest BCUT2D eigenvalue weighted by Crippen LogP contribution is 2.45. The Morgan fingerprint density at radius 1 is 1.00 bits per heavy atom. The molecule has 37 heavy (non-hydrogen) atoms. The number of amides is 1. The molecule has 7 nitrogen and oxygen atoms in total. The van der Waals surface area contributed by atoms with Gasteiger partial charge in [-0.3, -0.25) is 14.5 Å². The third-order valence-corrected chi connectivity index (χ3v) is 6.93. The van der Waals surface area contributed by atoms with E-state index >= 15 is 0 Å². The van der Waals surface area contributed by atoms with Gasteiger partial charge in [0.05, 0.1) is 35.0 Å². The van der Waals surface area contributed by atoms with Crippen LogP contribution in [0.2, 0.25) is 0 Å². The van der Waals surface area contributed by atoms with E-state index in [0.717, 1.165) is 4.70 Å². The van der Waals surface area contributed by atoms with E-state index < -0.39 is 29.3 Å². The molecule has 1 aromatic heterocycles. The molecule has 1 aliphatic rings. The van der Waals surface area contributed by atoms with Crippen LogP contribution in [0.25, 0.3) is 16.0 Å². The molecule has 0 aliphatic carbocycles. The van der Waals surface area contributed by atoms with Crippen LogP contribution in [-0.4, -0.2) is 35.0 Å². The number of anilines is 1. The van der Waals surface area contributed by atoms with Crippen molar-refractivity contribution in [3.63, 3.8) is 0 Å². The van der Waals surface area contributed by atoms with Gasteiger partial charge in [-0.15, -0.1) is 0 Å². The fourth-order valence-corrected chi connectivity index (χ4v) is 5.32. The van der Waals surface area contributed by atoms with Crippen molar-refractivity contribution < 1.29 is 28.6 Å². The molecule has 1 N–H and O–H groups in total. The minimum absolute atomic E-state index is 0.112. The van der Waals surface area contributed by atoms with E-state index in [1.165, 1.54) is 40.5 Å². The number of thiazole rings is 1. The van der Waals surface area contributed by atoms with E-state index in [0.29, 0.717) is 40.9 Å². The zero-order valence-electron chi connectivity index (χ0n) is 20.1. The third kappa shape index (κ3) is 4.53. The lowest BCUT2D eigenvalue weighted by Gasteiger charge is -2.23. The van der Waals surface area contributed by atoms with Crippen molar-refractivity contribution in [3.8, 4) is 11.5 Å². The number of benzene rings is 3. The molecule has 0 saturated carbocycles. The summed E-state index contributed by atoms with van der Waals surface area (Å²) in [6, 6.07) is 16.5. The number of aromatic nitrogens is 1. The van der Waals surface area contributed by atoms with Crippen LogP contribution < -0.4 is 14.4 Å². The lowest BCUT2D eigenvalue weighted by molar-refractivity contribution is -0.132. The highest BCUT2D eigenvalue weighted by atomic mass is 32.1. The van der Waals surface area contributed by atoms with Crippen LogP contribution >= 0.6 is 11.3 Å². The molecule has 1 amide bonds. The molecule has 9 heteroatoms. The Morgan fingerprint density at radius 3 is 2.41 bits per heavy atom. The fourth-order valence-electron chi connectivity index (χ4n) is 4.30. The zero-order chi connectivity index (χ0) is 26.1. The van der Waals surface area contributed by atoms with Crippen LogP contribution in [0.3, 0.4) is 0 Å². The second kappa shape index (κ2) is 10.0. The van der Waals surface area contributed by atoms with Crippen molar-refractivity contribution in [3.05, 3.63) is 89.2 Å². The molecule has 3 aromatic carbocycles. The lowest BCUT2D eigenvalue weighted by Crippen LogP contribution is -2.29. The van der Waals surface area contributed by atoms with Crippen LogP contribution in [0.4, 0.5) is 9.52 Å². The van der Waals surface area contributed by atoms with E-state index in [2.05, 4.69) is 4.98 Å². The average Bonchev–Trinajstić information content (AvgIpc) is 3.42. The maximum atomic E-state index is 13.5. The monoisotopic (exact) mass is 518 g/mol. The number of hydrogen-bond donors (Lipinski definition) is 1. The van der Waals surface area contributed by atoms with Crippen molar-refractivity contribution >= 4 is 44.1 Å². The minimum Gasteiger partial charge on any atom is -0.507 e. The van der Waals surface area contributed by atoms with Crippen molar-refractivity contribution in [1.82, 2.24) is 4.98 Å². The summed E-state index contributed by atoms with van der Waals surface area (Å²) in [4.78, 5) is 32.7. The van der Waals surface area contributed by atoms with Gasteiger partial charge in [-0.05, 0) is 74.0 Å². The first-order valence-electron chi connectivity index (χ1n) is 11.7. The molecular formula is C28H23FN2O5S. The number of carbonyl (C=O) groups is 2. The SMILES string of the molecule is CCOc1cccc(C2/C(=C(\O)c3ccc(F)cc3)C(=O)C(=O)N2c2nc3ccc(OCC)cc3s2)c1. The van der Waals surface area contributed by atoms with Gasteiger partial charge in [0.25, 0.3) is 5.78 Å². The normalized spacial score (nSPS) is 16.9. The first-order valence-corrected chi connectivity index (χ1v) is 12.6. The van der Waals surface area contributed by atoms with E-state index in [1.807, 2.05) is 19.9 Å². The van der Waals surface area contributed by atoms with E-state index in [1.54, 1.807) is 36.4 Å². The van der Waals surface area contributed by atoms with Gasteiger partial charge in [0.15, 0.2) is 5.13 Å². The smallest absolute Gasteiger partial charge is 0.301 e. The molecule has 0 bridgehead atoms. The number of Topliss-reactive ketones (excluding diaryl/α,β-unsaturated/α-hetero) is 1. The van der Waals surface area contributed by atoms with Gasteiger partial charge in [0.2, 0.25) is 0 Å². The maximum Gasteiger partial charge on any atom is 0.301 e. The van der Waals surface area contributed by atoms with Crippen LogP contribution in [0, 0.1) is 5.82 Å². The van der Waals surface area contributed by atoms with Crippen LogP contribution in [0.1, 0.15) is 31.0 Å². The molecule has 0 spiro atoms. The number of rotatable bonds is 7. The Hall–Kier alpha value is -4.24. The first kappa shape index (κ1) is 24.5. The number of ketones is 1. The van der Waals surface area contributed by atoms with E-state index in [4.69, 9.17) is 9.47 Å². The number of carbonyl (C=O) groups excluding carboxylic acids is 2. The van der Waals surface area contributed by atoms with Crippen LogP contribution in [0.15, 0.2) is 72.3 Å². The number of nitrogens with zero attached hydrogens (tertiary/aromatic N) is 2. The standard InChI is InChI=1S/C28H23FN2O5S/c1-3-35-19-7-5-6-17(14-19)24-23(25(32)16-8-10-18(29)11-9-16)26(33)27(34)31(24)28-30-21-13-12-20(36-4-2)15-22(21)37-28/h5-15,24,32H,3-4H2,1-2H3/b25-23+. The van der Waals surface area contributed by atoms with E-state index in [-0.39, 0.29) is 11.1 Å². The average molecular weight is 519 g/mol. The lowest BCUT2D eigenvalue weighted by atomic mass is 9.95. The second-order valence-corrected chi connectivity index (χ2v) is 9.25. The summed E-state index contributed by atoms with van der Waals surface area (Å²) in [5.41, 5.74) is 1.31. The second-order valence-electron chi connectivity index (χ2n) is 8.24. The molecule has 1 aliphatic heterocycles. The summed E-state index contributed by atoms with van der Waals surface area (Å²) < 4.78 is 25.5. The van der Waals surface area contributed by atoms with Gasteiger partial charge >= 0.3 is 5.91 Å². The van der Waals surface area contributed by atoms with Crippen LogP contribution in [-0.2, 0) is 9.59 Å². The summed E-state index contributed by atoms with van der Waals surface area (Å²) in [5, 5.41) is 11.5. The predicted octanol–water partition coefficient (Wildman–Crippen LogP) is 5.86. The van der Waals surface area contributed by atoms with Gasteiger partial charge in [0.1, 0.15) is 23.1 Å². The largest absolute Gasteiger partial charge is 0.507 e. The Balaban J connectivity index is 1.69. The van der Waals surface area contributed by atoms with Crippen molar-refractivity contribution in [2.75, 3.05) is 18.1 Å². The number of aliphatic hydroxyl groups is 1. The highest BCUT2D eigenvalue weighted by molar-refractivity contribution is 7.22. The Bertz CT molecular complexity index is 1530. The third-order valence-electron chi connectivity index (χ3n) is 5.91. The molecule has 1 saturated heterocycles. The number of aliphatic hydroxyl groups excluding tert-OH is 1. The van der Waals surface area contributed by atoms with Gasteiger partial charge in [-0.1, -0.05) is 23.5 Å². The van der Waals surface area contributed by atoms with Gasteiger partial charge in [-0.2, -0.15) is 0 Å². The molecule has 1 unspecified atom stereocenters. The molecule has 2 heterocycles. The Kier molecular flexibility index (Phi) is 6.62. The Morgan fingerprint density at radius 2 is 1.70 bits per heavy atom. The van der Waals surface area contributed by atoms with Gasteiger partial charge in [-0.25, -0.2) is 9.37 Å². The maximum absolute atomic E-state index is 13.5. The first-order chi connectivity index (χ1) is 17.9. The topological polar surface area (TPSA) is 89.0 Å². The number of fused-ring (bicyclic) bond motifs is 1. The van der Waals surface area contributed by atoms with Gasteiger partial charge in [0, 0.05) is 5.56 Å². The van der Waals surface area contributed by atoms with Crippen LogP contribution in [0.5, 0.6) is 11.5 Å². The zero-order valence-corrected chi connectivity index (χ0v) is 20.9. The quantitative estimate of drug-likeness (QED) is 0.187. The summed E-state index contributed by atoms with van der Waals surface area (Å²) in [6.45, 7) is 4.68. The fraction of sp³-hybridized carbons (Fsp3) is 0.179. The van der Waals surface area contributed by atoms with Gasteiger partial charge < -0.3 is 14.6 Å². The molecule has 0 radical (unpaired) electrons. The Labute approximate surface area is 216 Å². The summed E-state index contributed by atoms with van der Waals surface area (Å²) >= 11 is 1.24.